The number of carbonyl (C=O) groups excluding carboxylic acids is 1. The van der Waals surface area contributed by atoms with Gasteiger partial charge in [-0.3, -0.25) is 9.69 Å². The number of nitrogens with one attached hydrogen (secondary N) is 2. The summed E-state index contributed by atoms with van der Waals surface area (Å²) in [7, 11) is 1.91. The van der Waals surface area contributed by atoms with Crippen molar-refractivity contribution in [2.75, 3.05) is 16.8 Å². The summed E-state index contributed by atoms with van der Waals surface area (Å²) in [6.45, 7) is 6.90. The van der Waals surface area contributed by atoms with Crippen molar-refractivity contribution in [3.8, 4) is 0 Å². The van der Waals surface area contributed by atoms with E-state index in [9.17, 15) is 18.0 Å². The summed E-state index contributed by atoms with van der Waals surface area (Å²) >= 11 is 0. The number of anilines is 2. The minimum atomic E-state index is -4.59. The lowest BCUT2D eigenvalue weighted by molar-refractivity contribution is -0.138. The smallest absolute Gasteiger partial charge is 0.370 e. The molecule has 0 radical (unpaired) electrons. The molecule has 1 amide bonds. The lowest BCUT2D eigenvalue weighted by Gasteiger charge is -2.46. The summed E-state index contributed by atoms with van der Waals surface area (Å²) in [6.07, 6.45) is 1.85. The average molecular weight is 568 g/mol. The van der Waals surface area contributed by atoms with Gasteiger partial charge >= 0.3 is 6.18 Å². The van der Waals surface area contributed by atoms with Gasteiger partial charge in [0.25, 0.3) is 5.91 Å². The van der Waals surface area contributed by atoms with Crippen molar-refractivity contribution < 1.29 is 18.0 Å². The fraction of sp³-hybridized carbons (Fsp3) is 0.533. The Balaban J connectivity index is 1.40. The first-order valence-corrected chi connectivity index (χ1v) is 14.3. The maximum absolute atomic E-state index is 14.3. The summed E-state index contributed by atoms with van der Waals surface area (Å²) < 4.78 is 44.8. The van der Waals surface area contributed by atoms with Crippen molar-refractivity contribution in [1.29, 1.82) is 0 Å². The highest BCUT2D eigenvalue weighted by molar-refractivity contribution is 6.10. The van der Waals surface area contributed by atoms with Crippen LogP contribution in [-0.4, -0.2) is 37.7 Å². The van der Waals surface area contributed by atoms with Gasteiger partial charge < -0.3 is 15.2 Å². The summed E-state index contributed by atoms with van der Waals surface area (Å²) in [5, 5.41) is 15.2. The first-order valence-electron chi connectivity index (χ1n) is 14.3. The number of halogens is 3. The van der Waals surface area contributed by atoms with Crippen LogP contribution in [0, 0.1) is 5.92 Å². The van der Waals surface area contributed by atoms with Crippen molar-refractivity contribution in [2.24, 2.45) is 13.0 Å². The number of pyridine rings is 1. The molecule has 2 N–H and O–H groups in total. The Morgan fingerprint density at radius 3 is 2.49 bits per heavy atom. The number of benzene rings is 1. The molecule has 2 fully saturated rings. The van der Waals surface area contributed by atoms with Crippen LogP contribution >= 0.6 is 0 Å². The number of alkyl halides is 3. The third-order valence-electron chi connectivity index (χ3n) is 9.12. The quantitative estimate of drug-likeness (QED) is 0.370. The Morgan fingerprint density at radius 1 is 1.15 bits per heavy atom. The molecule has 1 aliphatic heterocycles. The predicted octanol–water partition coefficient (Wildman–Crippen LogP) is 5.57. The number of nitrogens with zero attached hydrogens (tertiary/aromatic N) is 5. The van der Waals surface area contributed by atoms with Crippen LogP contribution in [0.2, 0.25) is 0 Å². The zero-order valence-electron chi connectivity index (χ0n) is 23.9. The SMILES string of the molecule is CCNc1cc([C@]2(c3nncn3C)C[C@@H](C)C2)cc(N2Cc3c(cc(CNC4(C)CCC4)cc3C(F)(F)F)C2=O)n1. The Kier molecular flexibility index (Phi) is 6.63. The Bertz CT molecular complexity index is 1490. The molecule has 2 aliphatic carbocycles. The Morgan fingerprint density at radius 2 is 1.90 bits per heavy atom. The number of amides is 1. The number of aromatic nitrogens is 4. The molecule has 6 rings (SSSR count). The third kappa shape index (κ3) is 4.77. The lowest BCUT2D eigenvalue weighted by Crippen LogP contribution is -2.47. The molecule has 3 heterocycles. The molecule has 11 heteroatoms. The van der Waals surface area contributed by atoms with E-state index in [1.807, 2.05) is 30.7 Å². The fourth-order valence-corrected chi connectivity index (χ4v) is 6.80. The molecule has 8 nitrogen and oxygen atoms in total. The van der Waals surface area contributed by atoms with Crippen LogP contribution < -0.4 is 15.5 Å². The molecular formula is C30H36F3N7O. The van der Waals surface area contributed by atoms with Crippen molar-refractivity contribution in [3.05, 3.63) is 64.2 Å². The summed E-state index contributed by atoms with van der Waals surface area (Å²) in [5.41, 5.74) is 0.220. The van der Waals surface area contributed by atoms with Crippen LogP contribution in [0.5, 0.6) is 0 Å². The minimum Gasteiger partial charge on any atom is -0.370 e. The standard InChI is InChI=1S/C30H36F3N7O/c1-5-34-24-11-20(29(13-18(2)14-29)27-38-36-17-39(27)4)12-25(37-24)40-16-22-21(26(40)41)9-19(10-23(22)30(31,32)33)15-35-28(3)7-6-8-28/h9-12,17-18,35H,5-8,13-16H2,1-4H3,(H,34,37)/t18-,29+. The first-order chi connectivity index (χ1) is 19.4. The normalized spacial score (nSPS) is 23.2. The molecule has 0 atom stereocenters. The molecule has 0 bridgehead atoms. The van der Waals surface area contributed by atoms with E-state index in [1.54, 1.807) is 12.4 Å². The number of hydrogen-bond donors (Lipinski definition) is 2. The van der Waals surface area contributed by atoms with Gasteiger partial charge in [0.05, 0.1) is 17.5 Å². The van der Waals surface area contributed by atoms with E-state index >= 15 is 0 Å². The predicted molar refractivity (Wildman–Crippen MR) is 150 cm³/mol. The highest BCUT2D eigenvalue weighted by atomic mass is 19.4. The fourth-order valence-electron chi connectivity index (χ4n) is 6.80. The molecule has 2 saturated carbocycles. The summed E-state index contributed by atoms with van der Waals surface area (Å²) in [6, 6.07) is 6.62. The Labute approximate surface area is 237 Å². The van der Waals surface area contributed by atoms with Crippen LogP contribution in [0.1, 0.15) is 91.3 Å². The maximum Gasteiger partial charge on any atom is 0.416 e. The zero-order valence-corrected chi connectivity index (χ0v) is 23.9. The van der Waals surface area contributed by atoms with Gasteiger partial charge in [0.2, 0.25) is 0 Å². The molecular weight excluding hydrogens is 531 g/mol. The van der Waals surface area contributed by atoms with Gasteiger partial charge in [-0.15, -0.1) is 10.2 Å². The first kappa shape index (κ1) is 27.7. The zero-order chi connectivity index (χ0) is 29.2. The third-order valence-corrected chi connectivity index (χ3v) is 9.12. The second-order valence-corrected chi connectivity index (χ2v) is 12.3. The van der Waals surface area contributed by atoms with E-state index in [4.69, 9.17) is 4.98 Å². The molecule has 3 aliphatic rings. The maximum atomic E-state index is 14.3. The number of aryl methyl sites for hydroxylation is 1. The van der Waals surface area contributed by atoms with Crippen molar-refractivity contribution in [2.45, 2.75) is 83.1 Å². The van der Waals surface area contributed by atoms with E-state index in [2.05, 4.69) is 34.7 Å². The van der Waals surface area contributed by atoms with Gasteiger partial charge in [-0.25, -0.2) is 4.98 Å². The van der Waals surface area contributed by atoms with Crippen molar-refractivity contribution in [3.63, 3.8) is 0 Å². The van der Waals surface area contributed by atoms with Crippen molar-refractivity contribution in [1.82, 2.24) is 25.1 Å². The molecule has 0 spiro atoms. The molecule has 0 unspecified atom stereocenters. The monoisotopic (exact) mass is 567 g/mol. The van der Waals surface area contributed by atoms with Gasteiger partial charge in [-0.2, -0.15) is 13.2 Å². The van der Waals surface area contributed by atoms with Crippen LogP contribution in [0.3, 0.4) is 0 Å². The van der Waals surface area contributed by atoms with E-state index < -0.39 is 23.1 Å². The van der Waals surface area contributed by atoms with Gasteiger partial charge in [0.15, 0.2) is 0 Å². The van der Waals surface area contributed by atoms with Crippen LogP contribution in [-0.2, 0) is 31.7 Å². The van der Waals surface area contributed by atoms with E-state index in [1.165, 1.54) is 11.0 Å². The van der Waals surface area contributed by atoms with Gasteiger partial charge in [-0.05, 0) is 92.8 Å². The average Bonchev–Trinajstić information content (AvgIpc) is 3.46. The lowest BCUT2D eigenvalue weighted by atomic mass is 9.58. The Hall–Kier alpha value is -3.47. The molecule has 0 saturated heterocycles. The summed E-state index contributed by atoms with van der Waals surface area (Å²) in [5.74, 6) is 1.72. The number of fused-ring (bicyclic) bond motifs is 1. The molecule has 3 aromatic rings. The number of rotatable bonds is 8. The number of hydrogen-bond acceptors (Lipinski definition) is 6. The van der Waals surface area contributed by atoms with Crippen LogP contribution in [0.15, 0.2) is 30.6 Å². The largest absolute Gasteiger partial charge is 0.416 e. The number of carbonyl (C=O) groups is 1. The second-order valence-electron chi connectivity index (χ2n) is 12.3. The van der Waals surface area contributed by atoms with Gasteiger partial charge in [0.1, 0.15) is 23.8 Å². The summed E-state index contributed by atoms with van der Waals surface area (Å²) in [4.78, 5) is 19.9. The van der Waals surface area contributed by atoms with E-state index in [0.717, 1.165) is 43.5 Å². The van der Waals surface area contributed by atoms with Crippen molar-refractivity contribution >= 4 is 17.5 Å². The van der Waals surface area contributed by atoms with Gasteiger partial charge in [-0.1, -0.05) is 6.92 Å². The minimum absolute atomic E-state index is 0.00131. The van der Waals surface area contributed by atoms with E-state index in [0.29, 0.717) is 29.7 Å². The van der Waals surface area contributed by atoms with Crippen LogP contribution in [0.4, 0.5) is 24.8 Å². The molecule has 2 aromatic heterocycles. The molecule has 41 heavy (non-hydrogen) atoms. The topological polar surface area (TPSA) is 88.0 Å². The molecule has 218 valence electrons. The van der Waals surface area contributed by atoms with Crippen LogP contribution in [0.25, 0.3) is 0 Å². The highest BCUT2D eigenvalue weighted by Crippen LogP contribution is 2.52. The highest BCUT2D eigenvalue weighted by Gasteiger charge is 2.49. The van der Waals surface area contributed by atoms with Gasteiger partial charge in [0, 0.05) is 31.2 Å². The van der Waals surface area contributed by atoms with E-state index in [-0.39, 0.29) is 29.8 Å². The molecule has 1 aromatic carbocycles. The second kappa shape index (κ2) is 9.82.